The first kappa shape index (κ1) is 21.0. The van der Waals surface area contributed by atoms with Crippen LogP contribution in [0.1, 0.15) is 11.1 Å². The molecule has 1 aliphatic rings. The van der Waals surface area contributed by atoms with E-state index in [0.717, 1.165) is 16.7 Å². The van der Waals surface area contributed by atoms with Crippen molar-refractivity contribution in [2.24, 2.45) is 0 Å². The molecule has 0 aliphatic carbocycles. The summed E-state index contributed by atoms with van der Waals surface area (Å²) in [7, 11) is 4.46. The summed E-state index contributed by atoms with van der Waals surface area (Å²) >= 11 is 6.77. The molecule has 0 atom stereocenters. The molecule has 29 heavy (non-hydrogen) atoms. The maximum absolute atomic E-state index is 14.1. The molecule has 1 fully saturated rings. The SMILES string of the molecule is COc1cc(OC)c(OC)cc1/C=C1/SC(=O)N(Cc2c(F)cccc2Cl)C1=O. The molecule has 1 heterocycles. The van der Waals surface area contributed by atoms with E-state index in [1.54, 1.807) is 12.1 Å². The molecule has 0 N–H and O–H groups in total. The molecule has 1 saturated heterocycles. The fraction of sp³-hybridized carbons (Fsp3) is 0.200. The highest BCUT2D eigenvalue weighted by Gasteiger charge is 2.36. The van der Waals surface area contributed by atoms with E-state index < -0.39 is 17.0 Å². The minimum absolute atomic E-state index is 0.0846. The number of thioether (sulfide) groups is 1. The molecule has 6 nitrogen and oxygen atoms in total. The summed E-state index contributed by atoms with van der Waals surface area (Å²) in [5.41, 5.74) is 0.612. The van der Waals surface area contributed by atoms with Crippen molar-refractivity contribution >= 4 is 40.6 Å². The van der Waals surface area contributed by atoms with Gasteiger partial charge >= 0.3 is 0 Å². The Labute approximate surface area is 176 Å². The number of methoxy groups -OCH3 is 3. The quantitative estimate of drug-likeness (QED) is 0.608. The molecule has 152 valence electrons. The van der Waals surface area contributed by atoms with E-state index in [4.69, 9.17) is 25.8 Å². The van der Waals surface area contributed by atoms with Crippen molar-refractivity contribution in [2.45, 2.75) is 6.54 Å². The second-order valence-corrected chi connectivity index (χ2v) is 7.32. The van der Waals surface area contributed by atoms with Crippen LogP contribution in [0.2, 0.25) is 5.02 Å². The summed E-state index contributed by atoms with van der Waals surface area (Å²) in [6.45, 7) is -0.253. The normalized spacial score (nSPS) is 15.2. The molecule has 3 rings (SSSR count). The second kappa shape index (κ2) is 8.75. The molecule has 0 spiro atoms. The average molecular weight is 438 g/mol. The van der Waals surface area contributed by atoms with Crippen molar-refractivity contribution in [1.29, 1.82) is 0 Å². The second-order valence-electron chi connectivity index (χ2n) is 5.92. The highest BCUT2D eigenvalue weighted by atomic mass is 35.5. The largest absolute Gasteiger partial charge is 0.496 e. The van der Waals surface area contributed by atoms with Gasteiger partial charge in [0.2, 0.25) is 0 Å². The Morgan fingerprint density at radius 1 is 1.07 bits per heavy atom. The summed E-state index contributed by atoms with van der Waals surface area (Å²) in [6.07, 6.45) is 1.52. The number of amides is 2. The number of rotatable bonds is 6. The molecule has 9 heteroatoms. The molecule has 0 bridgehead atoms. The predicted molar refractivity (Wildman–Crippen MR) is 109 cm³/mol. The van der Waals surface area contributed by atoms with Crippen LogP contribution in [-0.2, 0) is 11.3 Å². The van der Waals surface area contributed by atoms with Crippen LogP contribution in [0.5, 0.6) is 17.2 Å². The van der Waals surface area contributed by atoms with Gasteiger partial charge in [-0.25, -0.2) is 4.39 Å². The fourth-order valence-electron chi connectivity index (χ4n) is 2.78. The van der Waals surface area contributed by atoms with Gasteiger partial charge in [-0.3, -0.25) is 14.5 Å². The molecular weight excluding hydrogens is 421 g/mol. The summed E-state index contributed by atoms with van der Waals surface area (Å²) < 4.78 is 29.9. The number of nitrogens with zero attached hydrogens (tertiary/aromatic N) is 1. The molecule has 0 unspecified atom stereocenters. The minimum Gasteiger partial charge on any atom is -0.496 e. The van der Waals surface area contributed by atoms with Gasteiger partial charge in [0.25, 0.3) is 11.1 Å². The van der Waals surface area contributed by atoms with Crippen LogP contribution >= 0.6 is 23.4 Å². The van der Waals surface area contributed by atoms with Gasteiger partial charge < -0.3 is 14.2 Å². The summed E-state index contributed by atoms with van der Waals surface area (Å²) in [5, 5.41) is -0.366. The summed E-state index contributed by atoms with van der Waals surface area (Å²) in [6, 6.07) is 7.44. The van der Waals surface area contributed by atoms with Gasteiger partial charge in [0, 0.05) is 22.2 Å². The van der Waals surface area contributed by atoms with Crippen molar-refractivity contribution in [1.82, 2.24) is 4.90 Å². The third kappa shape index (κ3) is 4.18. The third-order valence-corrected chi connectivity index (χ3v) is 5.54. The molecule has 0 saturated carbocycles. The van der Waals surface area contributed by atoms with Crippen LogP contribution < -0.4 is 14.2 Å². The van der Waals surface area contributed by atoms with Gasteiger partial charge in [-0.05, 0) is 36.0 Å². The van der Waals surface area contributed by atoms with E-state index in [9.17, 15) is 14.0 Å². The van der Waals surface area contributed by atoms with Crippen molar-refractivity contribution in [2.75, 3.05) is 21.3 Å². The Kier molecular flexibility index (Phi) is 6.34. The molecular formula is C20H17ClFNO5S. The van der Waals surface area contributed by atoms with Gasteiger partial charge in [-0.2, -0.15) is 0 Å². The van der Waals surface area contributed by atoms with Crippen molar-refractivity contribution in [3.63, 3.8) is 0 Å². The van der Waals surface area contributed by atoms with E-state index in [1.165, 1.54) is 45.6 Å². The first-order chi connectivity index (χ1) is 13.9. The lowest BCUT2D eigenvalue weighted by molar-refractivity contribution is -0.123. The van der Waals surface area contributed by atoms with Crippen molar-refractivity contribution in [3.8, 4) is 17.2 Å². The zero-order valence-corrected chi connectivity index (χ0v) is 17.4. The Morgan fingerprint density at radius 2 is 1.72 bits per heavy atom. The van der Waals surface area contributed by atoms with Crippen LogP contribution in [0.4, 0.5) is 9.18 Å². The molecule has 1 aliphatic heterocycles. The number of carbonyl (C=O) groups is 2. The lowest BCUT2D eigenvalue weighted by atomic mass is 10.1. The Morgan fingerprint density at radius 3 is 2.34 bits per heavy atom. The highest BCUT2D eigenvalue weighted by Crippen LogP contribution is 2.39. The van der Waals surface area contributed by atoms with E-state index in [0.29, 0.717) is 22.8 Å². The van der Waals surface area contributed by atoms with Crippen LogP contribution in [0.25, 0.3) is 6.08 Å². The zero-order chi connectivity index (χ0) is 21.1. The number of ether oxygens (including phenoxy) is 3. The van der Waals surface area contributed by atoms with Gasteiger partial charge in [0.05, 0.1) is 32.8 Å². The first-order valence-corrected chi connectivity index (χ1v) is 9.57. The topological polar surface area (TPSA) is 65.1 Å². The first-order valence-electron chi connectivity index (χ1n) is 8.37. The smallest absolute Gasteiger partial charge is 0.293 e. The third-order valence-electron chi connectivity index (χ3n) is 4.27. The standard InChI is InChI=1S/C20H17ClFNO5S/c1-26-15-9-17(28-3)16(27-2)7-11(15)8-18-19(24)23(20(25)29-18)10-12-13(21)5-4-6-14(12)22/h4-9H,10H2,1-3H3/b18-8+. The van der Waals surface area contributed by atoms with E-state index in [2.05, 4.69) is 0 Å². The lowest BCUT2D eigenvalue weighted by Crippen LogP contribution is -2.28. The Balaban J connectivity index is 1.94. The number of halogens is 2. The predicted octanol–water partition coefficient (Wildman–Crippen LogP) is 4.74. The number of imide groups is 1. The molecule has 0 radical (unpaired) electrons. The fourth-order valence-corrected chi connectivity index (χ4v) is 3.84. The number of hydrogen-bond donors (Lipinski definition) is 0. The molecule has 0 aromatic heterocycles. The Bertz CT molecular complexity index is 990. The van der Waals surface area contributed by atoms with E-state index >= 15 is 0 Å². The average Bonchev–Trinajstić information content (AvgIpc) is 2.97. The summed E-state index contributed by atoms with van der Waals surface area (Å²) in [5.74, 6) is 0.213. The van der Waals surface area contributed by atoms with Crippen molar-refractivity contribution < 1.29 is 28.2 Å². The molecule has 2 amide bonds. The number of benzene rings is 2. The van der Waals surface area contributed by atoms with Crippen LogP contribution in [0.15, 0.2) is 35.2 Å². The van der Waals surface area contributed by atoms with Crippen LogP contribution in [0, 0.1) is 5.82 Å². The van der Waals surface area contributed by atoms with E-state index in [-0.39, 0.29) is 22.0 Å². The lowest BCUT2D eigenvalue weighted by Gasteiger charge is -2.14. The minimum atomic E-state index is -0.581. The number of carbonyl (C=O) groups excluding carboxylic acids is 2. The number of hydrogen-bond acceptors (Lipinski definition) is 6. The van der Waals surface area contributed by atoms with Gasteiger partial charge in [0.15, 0.2) is 11.5 Å². The van der Waals surface area contributed by atoms with Crippen molar-refractivity contribution in [3.05, 3.63) is 57.2 Å². The maximum Gasteiger partial charge on any atom is 0.293 e. The molecule has 2 aromatic carbocycles. The Hall–Kier alpha value is -2.71. The maximum atomic E-state index is 14.1. The summed E-state index contributed by atoms with van der Waals surface area (Å²) in [4.78, 5) is 26.3. The van der Waals surface area contributed by atoms with Gasteiger partial charge in [0.1, 0.15) is 11.6 Å². The zero-order valence-electron chi connectivity index (χ0n) is 15.8. The molecule has 2 aromatic rings. The highest BCUT2D eigenvalue weighted by molar-refractivity contribution is 8.18. The van der Waals surface area contributed by atoms with E-state index in [1.807, 2.05) is 0 Å². The van der Waals surface area contributed by atoms with Gasteiger partial charge in [-0.15, -0.1) is 0 Å². The van der Waals surface area contributed by atoms with Gasteiger partial charge in [-0.1, -0.05) is 17.7 Å². The monoisotopic (exact) mass is 437 g/mol. The van der Waals surface area contributed by atoms with Crippen LogP contribution in [0.3, 0.4) is 0 Å². The van der Waals surface area contributed by atoms with Crippen LogP contribution in [-0.4, -0.2) is 37.4 Å².